The van der Waals surface area contributed by atoms with Gasteiger partial charge in [0.25, 0.3) is 10.1 Å². The van der Waals surface area contributed by atoms with Gasteiger partial charge in [0, 0.05) is 0 Å². The molecule has 1 aromatic carbocycles. The Labute approximate surface area is 113 Å². The summed E-state index contributed by atoms with van der Waals surface area (Å²) in [5.41, 5.74) is 1.00. The Balaban J connectivity index is 1.91. The molecule has 6 heteroatoms. The summed E-state index contributed by atoms with van der Waals surface area (Å²) in [5.74, 6) is -0.514. The SMILES string of the molecule is CC1(C)OC[C@@H](CCc2ccc(S(=O)(=O)O)cc2)O1. The topological polar surface area (TPSA) is 72.8 Å². The number of ether oxygens (including phenoxy) is 2. The molecule has 0 amide bonds. The third kappa shape index (κ3) is 4.01. The number of aryl methyl sites for hydroxylation is 1. The van der Waals surface area contributed by atoms with Crippen molar-refractivity contribution < 1.29 is 22.4 Å². The van der Waals surface area contributed by atoms with Crippen LogP contribution < -0.4 is 0 Å². The van der Waals surface area contributed by atoms with Gasteiger partial charge in [-0.1, -0.05) is 12.1 Å². The van der Waals surface area contributed by atoms with Crippen molar-refractivity contribution in [2.24, 2.45) is 0 Å². The molecule has 1 N–H and O–H groups in total. The predicted octanol–water partition coefficient (Wildman–Crippen LogP) is 2.02. The molecule has 5 nitrogen and oxygen atoms in total. The van der Waals surface area contributed by atoms with Gasteiger partial charge >= 0.3 is 0 Å². The van der Waals surface area contributed by atoms with Gasteiger partial charge < -0.3 is 9.47 Å². The van der Waals surface area contributed by atoms with Gasteiger partial charge in [-0.25, -0.2) is 0 Å². The van der Waals surface area contributed by atoms with Gasteiger partial charge in [0.05, 0.1) is 17.6 Å². The standard InChI is InChI=1S/C13H18O5S/c1-13(2)17-9-11(18-13)6-3-10-4-7-12(8-5-10)19(14,15)16/h4-5,7-8,11H,3,6,9H2,1-2H3,(H,14,15,16)/t11-/m1/s1. The molecular formula is C13H18O5S. The minimum Gasteiger partial charge on any atom is -0.348 e. The first-order valence-electron chi connectivity index (χ1n) is 6.14. The second-order valence-electron chi connectivity index (χ2n) is 5.11. The molecule has 1 atom stereocenters. The largest absolute Gasteiger partial charge is 0.348 e. The van der Waals surface area contributed by atoms with Crippen molar-refractivity contribution in [3.05, 3.63) is 29.8 Å². The van der Waals surface area contributed by atoms with E-state index in [9.17, 15) is 8.42 Å². The van der Waals surface area contributed by atoms with Crippen LogP contribution in [0.2, 0.25) is 0 Å². The molecule has 0 aromatic heterocycles. The normalized spacial score (nSPS) is 22.6. The van der Waals surface area contributed by atoms with E-state index >= 15 is 0 Å². The van der Waals surface area contributed by atoms with Crippen molar-refractivity contribution in [2.75, 3.05) is 6.61 Å². The van der Waals surface area contributed by atoms with Crippen LogP contribution in [0.4, 0.5) is 0 Å². The summed E-state index contributed by atoms with van der Waals surface area (Å²) < 4.78 is 41.8. The van der Waals surface area contributed by atoms with Crippen molar-refractivity contribution >= 4 is 10.1 Å². The molecule has 1 aromatic rings. The lowest BCUT2D eigenvalue weighted by Gasteiger charge is -2.17. The molecule has 1 heterocycles. The summed E-state index contributed by atoms with van der Waals surface area (Å²) >= 11 is 0. The molecule has 1 saturated heterocycles. The van der Waals surface area contributed by atoms with E-state index in [-0.39, 0.29) is 11.0 Å². The van der Waals surface area contributed by atoms with Gasteiger partial charge in [0.2, 0.25) is 0 Å². The molecule has 0 aliphatic carbocycles. The Morgan fingerprint density at radius 1 is 1.32 bits per heavy atom. The Hall–Kier alpha value is -0.950. The van der Waals surface area contributed by atoms with Gasteiger partial charge in [-0.05, 0) is 44.4 Å². The van der Waals surface area contributed by atoms with Crippen LogP contribution in [0.3, 0.4) is 0 Å². The molecule has 1 fully saturated rings. The highest BCUT2D eigenvalue weighted by atomic mass is 32.2. The number of hydrogen-bond donors (Lipinski definition) is 1. The van der Waals surface area contributed by atoms with Gasteiger partial charge in [-0.15, -0.1) is 0 Å². The number of benzene rings is 1. The average molecular weight is 286 g/mol. The van der Waals surface area contributed by atoms with E-state index in [1.54, 1.807) is 12.1 Å². The molecular weight excluding hydrogens is 268 g/mol. The fourth-order valence-electron chi connectivity index (χ4n) is 2.06. The maximum Gasteiger partial charge on any atom is 0.294 e. The zero-order valence-corrected chi connectivity index (χ0v) is 11.8. The zero-order chi connectivity index (χ0) is 14.1. The highest BCUT2D eigenvalue weighted by molar-refractivity contribution is 7.85. The van der Waals surface area contributed by atoms with Crippen LogP contribution in [-0.2, 0) is 26.0 Å². The van der Waals surface area contributed by atoms with E-state index in [2.05, 4.69) is 0 Å². The van der Waals surface area contributed by atoms with E-state index in [0.717, 1.165) is 18.4 Å². The minimum atomic E-state index is -4.11. The van der Waals surface area contributed by atoms with E-state index in [0.29, 0.717) is 6.61 Å². The molecule has 106 valence electrons. The van der Waals surface area contributed by atoms with Crippen molar-refractivity contribution in [1.29, 1.82) is 0 Å². The smallest absolute Gasteiger partial charge is 0.294 e. The second kappa shape index (κ2) is 5.20. The lowest BCUT2D eigenvalue weighted by atomic mass is 10.1. The predicted molar refractivity (Wildman–Crippen MR) is 69.5 cm³/mol. The van der Waals surface area contributed by atoms with Crippen molar-refractivity contribution in [3.63, 3.8) is 0 Å². The third-order valence-electron chi connectivity index (χ3n) is 3.04. The van der Waals surface area contributed by atoms with Crippen LogP contribution in [0, 0.1) is 0 Å². The maximum atomic E-state index is 10.9. The minimum absolute atomic E-state index is 0.0660. The first-order valence-corrected chi connectivity index (χ1v) is 7.58. The molecule has 1 aliphatic heterocycles. The van der Waals surface area contributed by atoms with E-state index in [4.69, 9.17) is 14.0 Å². The molecule has 0 saturated carbocycles. The average Bonchev–Trinajstić information content (AvgIpc) is 2.66. The van der Waals surface area contributed by atoms with Crippen LogP contribution in [0.1, 0.15) is 25.8 Å². The maximum absolute atomic E-state index is 10.9. The molecule has 0 bridgehead atoms. The highest BCUT2D eigenvalue weighted by Gasteiger charge is 2.32. The van der Waals surface area contributed by atoms with Gasteiger partial charge in [-0.2, -0.15) is 8.42 Å². The summed E-state index contributed by atoms with van der Waals surface area (Å²) in [6.07, 6.45) is 1.65. The van der Waals surface area contributed by atoms with E-state index < -0.39 is 15.9 Å². The zero-order valence-electron chi connectivity index (χ0n) is 11.0. The first-order chi connectivity index (χ1) is 8.76. The lowest BCUT2D eigenvalue weighted by Crippen LogP contribution is -2.21. The summed E-state index contributed by atoms with van der Waals surface area (Å²) in [7, 11) is -4.11. The fraction of sp³-hybridized carbons (Fsp3) is 0.538. The Kier molecular flexibility index (Phi) is 3.96. The number of rotatable bonds is 4. The third-order valence-corrected chi connectivity index (χ3v) is 3.91. The molecule has 0 radical (unpaired) electrons. The van der Waals surface area contributed by atoms with E-state index in [1.165, 1.54) is 12.1 Å². The first kappa shape index (κ1) is 14.5. The van der Waals surface area contributed by atoms with E-state index in [1.807, 2.05) is 13.8 Å². The van der Waals surface area contributed by atoms with Crippen LogP contribution in [-0.4, -0.2) is 31.5 Å². The quantitative estimate of drug-likeness (QED) is 0.857. The fourth-order valence-corrected chi connectivity index (χ4v) is 2.54. The Morgan fingerprint density at radius 2 is 1.95 bits per heavy atom. The summed E-state index contributed by atoms with van der Waals surface area (Å²) in [5, 5.41) is 0. The van der Waals surface area contributed by atoms with Crippen molar-refractivity contribution in [1.82, 2.24) is 0 Å². The Bertz CT molecular complexity index is 533. The molecule has 0 unspecified atom stereocenters. The van der Waals surface area contributed by atoms with Gasteiger partial charge in [0.15, 0.2) is 5.79 Å². The molecule has 19 heavy (non-hydrogen) atoms. The summed E-state index contributed by atoms with van der Waals surface area (Å²) in [6, 6.07) is 6.20. The van der Waals surface area contributed by atoms with Crippen LogP contribution in [0.5, 0.6) is 0 Å². The monoisotopic (exact) mass is 286 g/mol. The van der Waals surface area contributed by atoms with Crippen LogP contribution >= 0.6 is 0 Å². The van der Waals surface area contributed by atoms with Crippen molar-refractivity contribution in [3.8, 4) is 0 Å². The number of hydrogen-bond acceptors (Lipinski definition) is 4. The van der Waals surface area contributed by atoms with Gasteiger partial charge in [0.1, 0.15) is 0 Å². The molecule has 0 spiro atoms. The van der Waals surface area contributed by atoms with Crippen molar-refractivity contribution in [2.45, 2.75) is 43.5 Å². The lowest BCUT2D eigenvalue weighted by molar-refractivity contribution is -0.138. The molecule has 2 rings (SSSR count). The van der Waals surface area contributed by atoms with Crippen LogP contribution in [0.15, 0.2) is 29.2 Å². The Morgan fingerprint density at radius 3 is 2.42 bits per heavy atom. The van der Waals surface area contributed by atoms with Crippen LogP contribution in [0.25, 0.3) is 0 Å². The van der Waals surface area contributed by atoms with Gasteiger partial charge in [-0.3, -0.25) is 4.55 Å². The highest BCUT2D eigenvalue weighted by Crippen LogP contribution is 2.25. The molecule has 1 aliphatic rings. The second-order valence-corrected chi connectivity index (χ2v) is 6.53. The summed E-state index contributed by atoms with van der Waals surface area (Å²) in [4.78, 5) is -0.0853. The summed E-state index contributed by atoms with van der Waals surface area (Å²) in [6.45, 7) is 4.35.